The highest BCUT2D eigenvalue weighted by Gasteiger charge is 2.18. The van der Waals surface area contributed by atoms with Crippen LogP contribution in [0, 0.1) is 6.92 Å². The van der Waals surface area contributed by atoms with Gasteiger partial charge in [-0.3, -0.25) is 0 Å². The van der Waals surface area contributed by atoms with Gasteiger partial charge in [0.2, 0.25) is 0 Å². The zero-order valence-corrected chi connectivity index (χ0v) is 8.95. The second-order valence-corrected chi connectivity index (χ2v) is 3.67. The minimum Gasteiger partial charge on any atom is -0.316 e. The molecule has 0 fully saturated rings. The second-order valence-electron chi connectivity index (χ2n) is 3.67. The third-order valence-electron chi connectivity index (χ3n) is 2.70. The van der Waals surface area contributed by atoms with E-state index in [1.54, 1.807) is 0 Å². The zero-order chi connectivity index (χ0) is 8.55. The quantitative estimate of drug-likeness (QED) is 0.727. The van der Waals surface area contributed by atoms with E-state index in [0.29, 0.717) is 6.04 Å². The third-order valence-corrected chi connectivity index (χ3v) is 2.70. The predicted molar refractivity (Wildman–Crippen MR) is 58.7 cm³/mol. The fraction of sp³-hybridized carbons (Fsp3) is 0.455. The number of rotatable bonds is 1. The van der Waals surface area contributed by atoms with Gasteiger partial charge in [0.15, 0.2) is 0 Å². The van der Waals surface area contributed by atoms with E-state index in [1.807, 2.05) is 7.05 Å². The molecule has 1 aromatic carbocycles. The molecule has 0 amide bonds. The lowest BCUT2D eigenvalue weighted by molar-refractivity contribution is 0.593. The summed E-state index contributed by atoms with van der Waals surface area (Å²) >= 11 is 0. The summed E-state index contributed by atoms with van der Waals surface area (Å²) in [5, 5.41) is 3.33. The molecule has 1 nitrogen and oxygen atoms in total. The Kier molecular flexibility index (Phi) is 3.34. The van der Waals surface area contributed by atoms with E-state index in [9.17, 15) is 0 Å². The first kappa shape index (κ1) is 10.6. The summed E-state index contributed by atoms with van der Waals surface area (Å²) in [5.41, 5.74) is 4.44. The number of halogens is 1. The average molecular weight is 198 g/mol. The van der Waals surface area contributed by atoms with Gasteiger partial charge in [0, 0.05) is 6.04 Å². The Morgan fingerprint density at radius 2 is 1.92 bits per heavy atom. The van der Waals surface area contributed by atoms with Gasteiger partial charge < -0.3 is 5.32 Å². The fourth-order valence-corrected chi connectivity index (χ4v) is 1.95. The minimum absolute atomic E-state index is 0. The summed E-state index contributed by atoms with van der Waals surface area (Å²) in [6, 6.07) is 7.45. The van der Waals surface area contributed by atoms with Gasteiger partial charge in [-0.2, -0.15) is 0 Å². The first-order valence-electron chi connectivity index (χ1n) is 4.55. The highest BCUT2D eigenvalue weighted by molar-refractivity contribution is 5.85. The molecular formula is C11H16ClN. The Balaban J connectivity index is 0.000000845. The lowest BCUT2D eigenvalue weighted by Gasteiger charge is -2.04. The third kappa shape index (κ3) is 2.04. The van der Waals surface area contributed by atoms with Crippen LogP contribution < -0.4 is 5.32 Å². The molecule has 0 aliphatic heterocycles. The first-order chi connectivity index (χ1) is 5.79. The molecule has 0 radical (unpaired) electrons. The van der Waals surface area contributed by atoms with Gasteiger partial charge in [0.25, 0.3) is 0 Å². The maximum absolute atomic E-state index is 3.33. The molecule has 1 aromatic rings. The van der Waals surface area contributed by atoms with Crippen molar-refractivity contribution in [2.24, 2.45) is 0 Å². The van der Waals surface area contributed by atoms with E-state index in [2.05, 4.69) is 30.4 Å². The van der Waals surface area contributed by atoms with E-state index in [4.69, 9.17) is 0 Å². The highest BCUT2D eigenvalue weighted by atomic mass is 35.5. The van der Waals surface area contributed by atoms with Crippen molar-refractivity contribution in [3.05, 3.63) is 34.9 Å². The minimum atomic E-state index is 0. The maximum atomic E-state index is 3.33. The molecule has 72 valence electrons. The molecule has 1 N–H and O–H groups in total. The van der Waals surface area contributed by atoms with Crippen molar-refractivity contribution < 1.29 is 0 Å². The van der Waals surface area contributed by atoms with Crippen LogP contribution in [0.1, 0.15) is 16.7 Å². The monoisotopic (exact) mass is 197 g/mol. The SMILES string of the molecule is CNC1Cc2ccc(C)cc2C1.Cl. The fourth-order valence-electron chi connectivity index (χ4n) is 1.95. The Labute approximate surface area is 86.0 Å². The Morgan fingerprint density at radius 3 is 2.62 bits per heavy atom. The molecule has 0 spiro atoms. The lowest BCUT2D eigenvalue weighted by atomic mass is 10.1. The van der Waals surface area contributed by atoms with Crippen molar-refractivity contribution in [3.8, 4) is 0 Å². The van der Waals surface area contributed by atoms with E-state index in [1.165, 1.54) is 29.5 Å². The Morgan fingerprint density at radius 1 is 1.23 bits per heavy atom. The van der Waals surface area contributed by atoms with Crippen LogP contribution in [0.2, 0.25) is 0 Å². The largest absolute Gasteiger partial charge is 0.316 e. The van der Waals surface area contributed by atoms with Crippen LogP contribution >= 0.6 is 12.4 Å². The van der Waals surface area contributed by atoms with E-state index in [0.717, 1.165) is 0 Å². The molecule has 13 heavy (non-hydrogen) atoms. The molecule has 2 rings (SSSR count). The normalized spacial score (nSPS) is 19.4. The molecule has 0 aromatic heterocycles. The summed E-state index contributed by atoms with van der Waals surface area (Å²) in [6.45, 7) is 2.16. The van der Waals surface area contributed by atoms with Crippen molar-refractivity contribution in [2.75, 3.05) is 7.05 Å². The highest BCUT2D eigenvalue weighted by Crippen LogP contribution is 2.22. The van der Waals surface area contributed by atoms with Gasteiger partial charge >= 0.3 is 0 Å². The van der Waals surface area contributed by atoms with Gasteiger partial charge in [-0.05, 0) is 37.9 Å². The number of aryl methyl sites for hydroxylation is 1. The van der Waals surface area contributed by atoms with Crippen molar-refractivity contribution in [3.63, 3.8) is 0 Å². The van der Waals surface area contributed by atoms with Gasteiger partial charge in [-0.1, -0.05) is 23.8 Å². The molecule has 2 heteroatoms. The second kappa shape index (κ2) is 4.12. The number of hydrogen-bond donors (Lipinski definition) is 1. The van der Waals surface area contributed by atoms with Gasteiger partial charge in [-0.25, -0.2) is 0 Å². The molecule has 1 aliphatic rings. The van der Waals surface area contributed by atoms with Crippen LogP contribution in [0.5, 0.6) is 0 Å². The van der Waals surface area contributed by atoms with Crippen LogP contribution in [-0.4, -0.2) is 13.1 Å². The summed E-state index contributed by atoms with van der Waals surface area (Å²) in [7, 11) is 2.05. The van der Waals surface area contributed by atoms with Crippen molar-refractivity contribution in [1.82, 2.24) is 5.32 Å². The van der Waals surface area contributed by atoms with E-state index < -0.39 is 0 Å². The van der Waals surface area contributed by atoms with Crippen LogP contribution in [0.25, 0.3) is 0 Å². The molecule has 1 aliphatic carbocycles. The molecule has 0 heterocycles. The van der Waals surface area contributed by atoms with E-state index >= 15 is 0 Å². The van der Waals surface area contributed by atoms with Gasteiger partial charge in [0.1, 0.15) is 0 Å². The average Bonchev–Trinajstić information content (AvgIpc) is 2.46. The molecule has 0 saturated carbocycles. The molecule has 1 atom stereocenters. The smallest absolute Gasteiger partial charge is 0.0145 e. The Bertz CT molecular complexity index is 296. The standard InChI is InChI=1S/C11H15N.ClH/c1-8-3-4-9-6-11(12-2)7-10(9)5-8;/h3-5,11-12H,6-7H2,1-2H3;1H. The number of hydrogen-bond acceptors (Lipinski definition) is 1. The predicted octanol–water partition coefficient (Wildman–Crippen LogP) is 2.10. The maximum Gasteiger partial charge on any atom is 0.0145 e. The van der Waals surface area contributed by atoms with Crippen LogP contribution in [0.15, 0.2) is 18.2 Å². The first-order valence-corrected chi connectivity index (χ1v) is 4.55. The van der Waals surface area contributed by atoms with Crippen LogP contribution in [0.4, 0.5) is 0 Å². The molecule has 0 saturated heterocycles. The molecule has 0 bridgehead atoms. The van der Waals surface area contributed by atoms with E-state index in [-0.39, 0.29) is 12.4 Å². The summed E-state index contributed by atoms with van der Waals surface area (Å²) in [4.78, 5) is 0. The zero-order valence-electron chi connectivity index (χ0n) is 8.13. The van der Waals surface area contributed by atoms with Gasteiger partial charge in [-0.15, -0.1) is 12.4 Å². The topological polar surface area (TPSA) is 12.0 Å². The van der Waals surface area contributed by atoms with Crippen molar-refractivity contribution >= 4 is 12.4 Å². The van der Waals surface area contributed by atoms with Crippen LogP contribution in [-0.2, 0) is 12.8 Å². The summed E-state index contributed by atoms with van der Waals surface area (Å²) in [5.74, 6) is 0. The Hall–Kier alpha value is -0.530. The van der Waals surface area contributed by atoms with Crippen molar-refractivity contribution in [1.29, 1.82) is 0 Å². The van der Waals surface area contributed by atoms with Gasteiger partial charge in [0.05, 0.1) is 0 Å². The van der Waals surface area contributed by atoms with Crippen LogP contribution in [0.3, 0.4) is 0 Å². The summed E-state index contributed by atoms with van der Waals surface area (Å²) < 4.78 is 0. The lowest BCUT2D eigenvalue weighted by Crippen LogP contribution is -2.24. The molecular weight excluding hydrogens is 182 g/mol. The van der Waals surface area contributed by atoms with Crippen molar-refractivity contribution in [2.45, 2.75) is 25.8 Å². The number of likely N-dealkylation sites (N-methyl/N-ethyl adjacent to an activating group) is 1. The number of nitrogens with one attached hydrogen (secondary N) is 1. The molecule has 1 unspecified atom stereocenters. The summed E-state index contributed by atoms with van der Waals surface area (Å²) in [6.07, 6.45) is 2.40. The number of fused-ring (bicyclic) bond motifs is 1. The number of benzene rings is 1.